The molecular weight excluding hydrogens is 350 g/mol. The van der Waals surface area contributed by atoms with Crippen molar-refractivity contribution >= 4 is 11.6 Å². The van der Waals surface area contributed by atoms with E-state index in [9.17, 15) is 17.6 Å². The zero-order valence-corrected chi connectivity index (χ0v) is 13.3. The molecule has 0 spiro atoms. The van der Waals surface area contributed by atoms with E-state index in [-0.39, 0.29) is 24.0 Å². The molecule has 9 heteroatoms. The fourth-order valence-corrected chi connectivity index (χ4v) is 2.38. The molecule has 0 radical (unpaired) electrons. The number of nitrogens with zero attached hydrogens (tertiary/aromatic N) is 3. The van der Waals surface area contributed by atoms with Gasteiger partial charge >= 0.3 is 6.18 Å². The Hall–Kier alpha value is -3.23. The Balaban J connectivity index is 1.86. The molecule has 0 atom stereocenters. The SMILES string of the molecule is Nc1ncccc1-c1nccc(NCc2c(F)cccc2C(F)(F)F)n1. The van der Waals surface area contributed by atoms with E-state index >= 15 is 0 Å². The van der Waals surface area contributed by atoms with Crippen LogP contribution < -0.4 is 11.1 Å². The average Bonchev–Trinajstić information content (AvgIpc) is 2.60. The lowest BCUT2D eigenvalue weighted by Gasteiger charge is -2.14. The summed E-state index contributed by atoms with van der Waals surface area (Å²) >= 11 is 0. The van der Waals surface area contributed by atoms with E-state index in [1.165, 1.54) is 18.5 Å². The lowest BCUT2D eigenvalue weighted by Crippen LogP contribution is -2.14. The Morgan fingerprint density at radius 2 is 1.81 bits per heavy atom. The van der Waals surface area contributed by atoms with Gasteiger partial charge in [0.15, 0.2) is 5.82 Å². The molecule has 0 aliphatic rings. The summed E-state index contributed by atoms with van der Waals surface area (Å²) in [6, 6.07) is 7.62. The molecule has 0 aliphatic heterocycles. The first-order chi connectivity index (χ1) is 12.4. The molecule has 0 unspecified atom stereocenters. The summed E-state index contributed by atoms with van der Waals surface area (Å²) in [5.74, 6) is -0.240. The maximum Gasteiger partial charge on any atom is 0.416 e. The number of hydrogen-bond donors (Lipinski definition) is 2. The average molecular weight is 363 g/mol. The zero-order chi connectivity index (χ0) is 18.7. The predicted molar refractivity (Wildman–Crippen MR) is 88.4 cm³/mol. The monoisotopic (exact) mass is 363 g/mol. The maximum absolute atomic E-state index is 13.9. The lowest BCUT2D eigenvalue weighted by atomic mass is 10.1. The Morgan fingerprint density at radius 1 is 1.00 bits per heavy atom. The number of alkyl halides is 3. The molecule has 2 heterocycles. The van der Waals surface area contributed by atoms with Crippen molar-refractivity contribution < 1.29 is 17.6 Å². The molecule has 5 nitrogen and oxygen atoms in total. The smallest absolute Gasteiger partial charge is 0.383 e. The third-order valence-corrected chi connectivity index (χ3v) is 3.61. The Labute approximate surface area is 145 Å². The fraction of sp³-hybridized carbons (Fsp3) is 0.118. The number of nitrogens with one attached hydrogen (secondary N) is 1. The summed E-state index contributed by atoms with van der Waals surface area (Å²) in [5, 5.41) is 2.69. The highest BCUT2D eigenvalue weighted by Gasteiger charge is 2.34. The summed E-state index contributed by atoms with van der Waals surface area (Å²) in [4.78, 5) is 12.2. The molecule has 0 fully saturated rings. The zero-order valence-electron chi connectivity index (χ0n) is 13.3. The van der Waals surface area contributed by atoms with Crippen LogP contribution in [0.15, 0.2) is 48.8 Å². The highest BCUT2D eigenvalue weighted by molar-refractivity contribution is 5.68. The van der Waals surface area contributed by atoms with Gasteiger partial charge in [0, 0.05) is 24.5 Å². The van der Waals surface area contributed by atoms with Crippen molar-refractivity contribution in [3.63, 3.8) is 0 Å². The third kappa shape index (κ3) is 3.71. The van der Waals surface area contributed by atoms with Gasteiger partial charge in [0.05, 0.1) is 11.1 Å². The first-order valence-corrected chi connectivity index (χ1v) is 7.48. The van der Waals surface area contributed by atoms with Crippen LogP contribution in [0.25, 0.3) is 11.4 Å². The van der Waals surface area contributed by atoms with Crippen LogP contribution in [-0.2, 0) is 12.7 Å². The van der Waals surface area contributed by atoms with Gasteiger partial charge in [-0.15, -0.1) is 0 Å². The molecule has 0 saturated heterocycles. The van der Waals surface area contributed by atoms with Gasteiger partial charge in [-0.2, -0.15) is 13.2 Å². The van der Waals surface area contributed by atoms with Crippen LogP contribution in [0.1, 0.15) is 11.1 Å². The summed E-state index contributed by atoms with van der Waals surface area (Å²) in [5.41, 5.74) is 4.74. The van der Waals surface area contributed by atoms with Crippen molar-refractivity contribution in [1.29, 1.82) is 0 Å². The van der Waals surface area contributed by atoms with Gasteiger partial charge in [0.2, 0.25) is 0 Å². The summed E-state index contributed by atoms with van der Waals surface area (Å²) in [7, 11) is 0. The molecule has 0 amide bonds. The maximum atomic E-state index is 13.9. The van der Waals surface area contributed by atoms with Crippen LogP contribution in [0.3, 0.4) is 0 Å². The van der Waals surface area contributed by atoms with E-state index in [0.717, 1.165) is 18.2 Å². The number of aromatic nitrogens is 3. The number of hydrogen-bond acceptors (Lipinski definition) is 5. The highest BCUT2D eigenvalue weighted by atomic mass is 19.4. The van der Waals surface area contributed by atoms with Gasteiger partial charge in [0.1, 0.15) is 17.5 Å². The normalized spacial score (nSPS) is 11.4. The van der Waals surface area contributed by atoms with E-state index in [2.05, 4.69) is 20.3 Å². The summed E-state index contributed by atoms with van der Waals surface area (Å²) < 4.78 is 53.0. The van der Waals surface area contributed by atoms with Crippen molar-refractivity contribution in [2.24, 2.45) is 0 Å². The number of pyridine rings is 1. The highest BCUT2D eigenvalue weighted by Crippen LogP contribution is 2.33. The molecule has 3 N–H and O–H groups in total. The van der Waals surface area contributed by atoms with Crippen LogP contribution in [0.5, 0.6) is 0 Å². The standard InChI is InChI=1S/C17H13F4N5/c18-13-5-1-4-12(17(19,20)21)11(13)9-25-14-6-8-24-16(26-14)10-3-2-7-23-15(10)22/h1-8H,9H2,(H2,22,23)(H,24,25,26). The molecule has 3 aromatic rings. The lowest BCUT2D eigenvalue weighted by molar-refractivity contribution is -0.138. The molecule has 26 heavy (non-hydrogen) atoms. The fourth-order valence-electron chi connectivity index (χ4n) is 2.38. The van der Waals surface area contributed by atoms with Crippen LogP contribution >= 0.6 is 0 Å². The number of halogens is 4. The van der Waals surface area contributed by atoms with Gasteiger partial charge < -0.3 is 11.1 Å². The third-order valence-electron chi connectivity index (χ3n) is 3.61. The minimum Gasteiger partial charge on any atom is -0.383 e. The van der Waals surface area contributed by atoms with Crippen LogP contribution in [-0.4, -0.2) is 15.0 Å². The van der Waals surface area contributed by atoms with Crippen LogP contribution in [0.4, 0.5) is 29.2 Å². The second kappa shape index (κ2) is 6.95. The second-order valence-electron chi connectivity index (χ2n) is 5.32. The Morgan fingerprint density at radius 3 is 2.54 bits per heavy atom. The van der Waals surface area contributed by atoms with Crippen molar-refractivity contribution in [3.8, 4) is 11.4 Å². The quantitative estimate of drug-likeness (QED) is 0.688. The number of anilines is 2. The Kier molecular flexibility index (Phi) is 4.70. The molecule has 0 aliphatic carbocycles. The molecule has 2 aromatic heterocycles. The first kappa shape index (κ1) is 17.6. The molecule has 134 valence electrons. The number of nitrogen functional groups attached to an aromatic ring is 1. The first-order valence-electron chi connectivity index (χ1n) is 7.48. The van der Waals surface area contributed by atoms with E-state index < -0.39 is 23.1 Å². The van der Waals surface area contributed by atoms with Crippen LogP contribution in [0.2, 0.25) is 0 Å². The van der Waals surface area contributed by atoms with Crippen molar-refractivity contribution in [3.05, 3.63) is 65.7 Å². The minimum absolute atomic E-state index is 0.220. The summed E-state index contributed by atoms with van der Waals surface area (Å²) in [6.45, 7) is -0.388. The topological polar surface area (TPSA) is 76.7 Å². The molecule has 0 saturated carbocycles. The van der Waals surface area contributed by atoms with E-state index in [0.29, 0.717) is 5.56 Å². The number of rotatable bonds is 4. The number of benzene rings is 1. The minimum atomic E-state index is -4.65. The van der Waals surface area contributed by atoms with Gasteiger partial charge in [-0.3, -0.25) is 0 Å². The molecule has 0 bridgehead atoms. The largest absolute Gasteiger partial charge is 0.416 e. The predicted octanol–water partition coefficient (Wildman–Crippen LogP) is 3.89. The van der Waals surface area contributed by atoms with Gasteiger partial charge in [0.25, 0.3) is 0 Å². The van der Waals surface area contributed by atoms with Gasteiger partial charge in [-0.1, -0.05) is 6.07 Å². The van der Waals surface area contributed by atoms with Gasteiger partial charge in [-0.25, -0.2) is 19.3 Å². The van der Waals surface area contributed by atoms with Crippen molar-refractivity contribution in [2.75, 3.05) is 11.1 Å². The van der Waals surface area contributed by atoms with Crippen molar-refractivity contribution in [1.82, 2.24) is 15.0 Å². The van der Waals surface area contributed by atoms with E-state index in [4.69, 9.17) is 5.73 Å². The molecule has 3 rings (SSSR count). The van der Waals surface area contributed by atoms with E-state index in [1.807, 2.05) is 0 Å². The summed E-state index contributed by atoms with van der Waals surface area (Å²) in [6.07, 6.45) is -1.72. The molecular formula is C17H13F4N5. The Bertz CT molecular complexity index is 927. The second-order valence-corrected chi connectivity index (χ2v) is 5.32. The number of nitrogens with two attached hydrogens (primary N) is 1. The van der Waals surface area contributed by atoms with Gasteiger partial charge in [-0.05, 0) is 30.3 Å². The van der Waals surface area contributed by atoms with Crippen LogP contribution in [0, 0.1) is 5.82 Å². The van der Waals surface area contributed by atoms with E-state index in [1.54, 1.807) is 12.1 Å². The molecule has 1 aromatic carbocycles. The van der Waals surface area contributed by atoms with Crippen molar-refractivity contribution in [2.45, 2.75) is 12.7 Å².